The molecule has 0 N–H and O–H groups in total. The summed E-state index contributed by atoms with van der Waals surface area (Å²) in [6, 6.07) is 3.21. The summed E-state index contributed by atoms with van der Waals surface area (Å²) in [5, 5.41) is 0. The molecule has 0 spiro atoms. The molecule has 4 aliphatic rings. The van der Waals surface area contributed by atoms with Gasteiger partial charge in [0.05, 0.1) is 26.9 Å². The summed E-state index contributed by atoms with van der Waals surface area (Å²) in [6.07, 6.45) is 4.10. The molecule has 5 rings (SSSR count). The first kappa shape index (κ1) is 17.2. The van der Waals surface area contributed by atoms with Gasteiger partial charge in [0.1, 0.15) is 11.4 Å². The fourth-order valence-corrected chi connectivity index (χ4v) is 5.25. The third-order valence-corrected chi connectivity index (χ3v) is 6.15. The Morgan fingerprint density at radius 2 is 1.54 bits per heavy atom. The molecular weight excluding hydrogens is 336 g/mol. The number of rotatable bonds is 5. The second-order valence-corrected chi connectivity index (χ2v) is 7.73. The average Bonchev–Trinajstić information content (AvgIpc) is 2.63. The third kappa shape index (κ3) is 2.63. The highest BCUT2D eigenvalue weighted by Gasteiger charge is 2.57. The van der Waals surface area contributed by atoms with Gasteiger partial charge in [0, 0.05) is 11.8 Å². The summed E-state index contributed by atoms with van der Waals surface area (Å²) in [6.45, 7) is 0. The second kappa shape index (κ2) is 6.18. The van der Waals surface area contributed by atoms with Crippen LogP contribution >= 0.6 is 0 Å². The minimum absolute atomic E-state index is 0.0639. The molecule has 26 heavy (non-hydrogen) atoms. The Bertz CT molecular complexity index is 712. The van der Waals surface area contributed by atoms with E-state index in [1.807, 2.05) is 0 Å². The van der Waals surface area contributed by atoms with Crippen molar-refractivity contribution in [2.45, 2.75) is 37.7 Å². The summed E-state index contributed by atoms with van der Waals surface area (Å²) >= 11 is 0. The van der Waals surface area contributed by atoms with Crippen LogP contribution < -0.4 is 14.2 Å². The predicted octanol–water partition coefficient (Wildman–Crippen LogP) is 3.02. The summed E-state index contributed by atoms with van der Waals surface area (Å²) in [7, 11) is 4.54. The molecule has 140 valence electrons. The van der Waals surface area contributed by atoms with Gasteiger partial charge in [-0.3, -0.25) is 4.79 Å². The minimum atomic E-state index is -0.498. The van der Waals surface area contributed by atoms with Crippen LogP contribution in [0.15, 0.2) is 12.1 Å². The molecule has 1 aromatic rings. The van der Waals surface area contributed by atoms with Crippen LogP contribution in [0.3, 0.4) is 0 Å². The lowest BCUT2D eigenvalue weighted by atomic mass is 9.53. The Morgan fingerprint density at radius 3 is 2.04 bits per heavy atom. The number of Topliss-reactive ketones (excluding diaryl/α,β-unsaturated/α-hetero) is 1. The quantitative estimate of drug-likeness (QED) is 0.752. The summed E-state index contributed by atoms with van der Waals surface area (Å²) < 4.78 is 22.0. The average molecular weight is 360 g/mol. The van der Waals surface area contributed by atoms with Crippen LogP contribution in [0.5, 0.6) is 17.2 Å². The van der Waals surface area contributed by atoms with Crippen molar-refractivity contribution in [1.29, 1.82) is 0 Å². The zero-order chi connectivity index (χ0) is 18.5. The van der Waals surface area contributed by atoms with Gasteiger partial charge in [-0.25, -0.2) is 4.79 Å². The lowest BCUT2D eigenvalue weighted by Crippen LogP contribution is -2.56. The van der Waals surface area contributed by atoms with Crippen molar-refractivity contribution in [2.75, 3.05) is 21.3 Å². The molecule has 6 nitrogen and oxygen atoms in total. The standard InChI is InChI=1S/C20H24O6/c1-23-15-6-12(7-16(24-2)18(15)25-3)19(22)26-20-8-11-4-13(9-20)17(21)14(5-11)10-20/h6-7,11,13-14H,4-5,8-10H2,1-3H3/t11?,13-,14-,20?/m0/s1. The number of hydrogen-bond acceptors (Lipinski definition) is 6. The Kier molecular flexibility index (Phi) is 4.09. The first-order valence-corrected chi connectivity index (χ1v) is 9.05. The molecule has 4 aliphatic carbocycles. The molecule has 4 bridgehead atoms. The molecule has 0 saturated heterocycles. The van der Waals surface area contributed by atoms with Crippen molar-refractivity contribution in [3.05, 3.63) is 17.7 Å². The smallest absolute Gasteiger partial charge is 0.338 e. The third-order valence-electron chi connectivity index (χ3n) is 6.15. The lowest BCUT2D eigenvalue weighted by Gasteiger charge is -2.54. The van der Waals surface area contributed by atoms with E-state index in [-0.39, 0.29) is 11.8 Å². The topological polar surface area (TPSA) is 71.1 Å². The highest BCUT2D eigenvalue weighted by atomic mass is 16.6. The maximum Gasteiger partial charge on any atom is 0.338 e. The number of benzene rings is 1. The number of ether oxygens (including phenoxy) is 4. The fourth-order valence-electron chi connectivity index (χ4n) is 5.25. The van der Waals surface area contributed by atoms with E-state index in [4.69, 9.17) is 18.9 Å². The molecule has 0 amide bonds. The van der Waals surface area contributed by atoms with E-state index in [2.05, 4.69) is 0 Å². The summed E-state index contributed by atoms with van der Waals surface area (Å²) in [5.74, 6) is 1.87. The van der Waals surface area contributed by atoms with Gasteiger partial charge >= 0.3 is 5.97 Å². The predicted molar refractivity (Wildman–Crippen MR) is 92.8 cm³/mol. The zero-order valence-corrected chi connectivity index (χ0v) is 15.4. The van der Waals surface area contributed by atoms with Crippen molar-refractivity contribution in [3.63, 3.8) is 0 Å². The van der Waals surface area contributed by atoms with E-state index in [9.17, 15) is 9.59 Å². The van der Waals surface area contributed by atoms with Crippen molar-refractivity contribution in [1.82, 2.24) is 0 Å². The van der Waals surface area contributed by atoms with Gasteiger partial charge in [0.15, 0.2) is 11.5 Å². The first-order chi connectivity index (χ1) is 12.5. The van der Waals surface area contributed by atoms with E-state index >= 15 is 0 Å². The number of carbonyl (C=O) groups excluding carboxylic acids is 2. The molecule has 0 aliphatic heterocycles. The number of hydrogen-bond donors (Lipinski definition) is 0. The van der Waals surface area contributed by atoms with E-state index in [0.717, 1.165) is 19.3 Å². The maximum absolute atomic E-state index is 12.9. The van der Waals surface area contributed by atoms with Crippen molar-refractivity contribution in [3.8, 4) is 17.2 Å². The summed E-state index contributed by atoms with van der Waals surface area (Å²) in [4.78, 5) is 25.2. The number of esters is 1. The second-order valence-electron chi connectivity index (χ2n) is 7.73. The van der Waals surface area contributed by atoms with Gasteiger partial charge in [0.25, 0.3) is 0 Å². The van der Waals surface area contributed by atoms with Crippen molar-refractivity contribution in [2.24, 2.45) is 17.8 Å². The molecule has 6 heteroatoms. The molecule has 4 fully saturated rings. The molecule has 0 aromatic heterocycles. The van der Waals surface area contributed by atoms with Crippen LogP contribution in [-0.4, -0.2) is 38.7 Å². The lowest BCUT2D eigenvalue weighted by molar-refractivity contribution is -0.162. The first-order valence-electron chi connectivity index (χ1n) is 9.05. The zero-order valence-electron chi connectivity index (χ0n) is 15.4. The monoisotopic (exact) mass is 360 g/mol. The molecule has 0 heterocycles. The molecule has 0 unspecified atom stereocenters. The van der Waals surface area contributed by atoms with Gasteiger partial charge in [-0.05, 0) is 50.2 Å². The van der Waals surface area contributed by atoms with E-state index in [1.165, 1.54) is 21.3 Å². The Balaban J connectivity index is 1.60. The molecule has 2 atom stereocenters. The molecule has 0 radical (unpaired) electrons. The largest absolute Gasteiger partial charge is 0.493 e. The van der Waals surface area contributed by atoms with Crippen LogP contribution in [-0.2, 0) is 9.53 Å². The van der Waals surface area contributed by atoms with Gasteiger partial charge in [-0.2, -0.15) is 0 Å². The van der Waals surface area contributed by atoms with Crippen molar-refractivity contribution >= 4 is 11.8 Å². The Hall–Kier alpha value is -2.24. The van der Waals surface area contributed by atoms with Crippen LogP contribution in [0, 0.1) is 17.8 Å². The highest BCUT2D eigenvalue weighted by Crippen LogP contribution is 2.55. The van der Waals surface area contributed by atoms with Crippen molar-refractivity contribution < 1.29 is 28.5 Å². The molecule has 4 saturated carbocycles. The van der Waals surface area contributed by atoms with Gasteiger partial charge in [-0.15, -0.1) is 0 Å². The van der Waals surface area contributed by atoms with Gasteiger partial charge < -0.3 is 18.9 Å². The Morgan fingerprint density at radius 1 is 0.962 bits per heavy atom. The van der Waals surface area contributed by atoms with E-state index < -0.39 is 11.6 Å². The van der Waals surface area contributed by atoms with Crippen LogP contribution in [0.1, 0.15) is 42.5 Å². The van der Waals surface area contributed by atoms with Gasteiger partial charge in [-0.1, -0.05) is 0 Å². The summed E-state index contributed by atoms with van der Waals surface area (Å²) in [5.41, 5.74) is -0.136. The maximum atomic E-state index is 12.9. The number of carbonyl (C=O) groups is 2. The van der Waals surface area contributed by atoms with E-state index in [0.29, 0.717) is 47.4 Å². The van der Waals surface area contributed by atoms with Crippen LogP contribution in [0.25, 0.3) is 0 Å². The fraction of sp³-hybridized carbons (Fsp3) is 0.600. The Labute approximate surface area is 152 Å². The SMILES string of the molecule is COc1cc(C(=O)OC23CC4C[C@@H](C2)C(=O)[C@@H](C4)C3)cc(OC)c1OC. The number of ketones is 1. The van der Waals surface area contributed by atoms with E-state index in [1.54, 1.807) is 12.1 Å². The highest BCUT2D eigenvalue weighted by molar-refractivity contribution is 5.92. The normalized spacial score (nSPS) is 31.7. The van der Waals surface area contributed by atoms with Gasteiger partial charge in [0.2, 0.25) is 5.75 Å². The van der Waals surface area contributed by atoms with Crippen LogP contribution in [0.4, 0.5) is 0 Å². The minimum Gasteiger partial charge on any atom is -0.493 e. The molecule has 1 aromatic carbocycles. The van der Waals surface area contributed by atoms with Crippen LogP contribution in [0.2, 0.25) is 0 Å². The molecular formula is C20H24O6. The number of methoxy groups -OCH3 is 3.